The highest BCUT2D eigenvalue weighted by Crippen LogP contribution is 2.39. The van der Waals surface area contributed by atoms with Gasteiger partial charge in [0.2, 0.25) is 0 Å². The Labute approximate surface area is 255 Å². The third-order valence-corrected chi connectivity index (χ3v) is 9.06. The Morgan fingerprint density at radius 3 is 1.40 bits per heavy atom. The third kappa shape index (κ3) is 7.63. The molecule has 12 heteroatoms. The zero-order valence-electron chi connectivity index (χ0n) is 24.1. The van der Waals surface area contributed by atoms with Crippen LogP contribution < -0.4 is 18.9 Å². The number of hydrogen-bond donors (Lipinski definition) is 2. The van der Waals surface area contributed by atoms with Crippen LogP contribution in [-0.4, -0.2) is 61.2 Å². The lowest BCUT2D eigenvalue weighted by molar-refractivity contribution is -0.141. The van der Waals surface area contributed by atoms with Crippen molar-refractivity contribution in [1.82, 2.24) is 0 Å². The average Bonchev–Trinajstić information content (AvgIpc) is 3.59. The average molecular weight is 629 g/mol. The topological polar surface area (TPSA) is 146 Å². The molecule has 0 aliphatic rings. The number of carboxylic acids is 2. The zero-order valence-corrected chi connectivity index (χ0v) is 25.8. The number of fused-ring (bicyclic) bond motifs is 2. The van der Waals surface area contributed by atoms with Gasteiger partial charge in [0.1, 0.15) is 0 Å². The summed E-state index contributed by atoms with van der Waals surface area (Å²) < 4.78 is 24.6. The molecular formula is C31H32O10S2. The molecule has 0 radical (unpaired) electrons. The molecule has 0 saturated carbocycles. The predicted molar refractivity (Wildman–Crippen MR) is 164 cm³/mol. The number of carboxylic acid groups (broad SMARTS) is 2. The van der Waals surface area contributed by atoms with Gasteiger partial charge in [-0.15, -0.1) is 22.7 Å². The molecular weight excluding hydrogens is 596 g/mol. The summed E-state index contributed by atoms with van der Waals surface area (Å²) in [5.74, 6) is -1.93. The van der Waals surface area contributed by atoms with Crippen LogP contribution in [0.1, 0.15) is 52.5 Å². The lowest BCUT2D eigenvalue weighted by atomic mass is 10.0. The van der Waals surface area contributed by atoms with E-state index in [0.29, 0.717) is 52.4 Å². The lowest BCUT2D eigenvalue weighted by Crippen LogP contribution is -2.13. The van der Waals surface area contributed by atoms with E-state index in [1.165, 1.54) is 50.7 Å². The van der Waals surface area contributed by atoms with Gasteiger partial charge in [-0.2, -0.15) is 0 Å². The van der Waals surface area contributed by atoms with Crippen LogP contribution in [0, 0.1) is 11.8 Å². The van der Waals surface area contributed by atoms with Crippen LogP contribution in [0.4, 0.5) is 0 Å². The van der Waals surface area contributed by atoms with Gasteiger partial charge in [-0.3, -0.25) is 19.2 Å². The summed E-state index contributed by atoms with van der Waals surface area (Å²) in [5.41, 5.74) is 0. The molecule has 0 saturated heterocycles. The van der Waals surface area contributed by atoms with Crippen molar-refractivity contribution in [1.29, 1.82) is 0 Å². The first kappa shape index (κ1) is 31.8. The van der Waals surface area contributed by atoms with Crippen molar-refractivity contribution in [2.75, 3.05) is 27.4 Å². The van der Waals surface area contributed by atoms with Crippen LogP contribution in [0.25, 0.3) is 20.2 Å². The maximum Gasteiger partial charge on any atom is 0.306 e. The third-order valence-electron chi connectivity index (χ3n) is 6.78. The highest BCUT2D eigenvalue weighted by atomic mass is 32.1. The van der Waals surface area contributed by atoms with Crippen LogP contribution in [-0.2, 0) is 9.59 Å². The molecule has 4 rings (SSSR count). The molecule has 2 N–H and O–H groups in total. The number of benzene rings is 2. The molecule has 0 amide bonds. The van der Waals surface area contributed by atoms with Crippen LogP contribution in [0.2, 0.25) is 0 Å². The maximum absolute atomic E-state index is 12.6. The van der Waals surface area contributed by atoms with Gasteiger partial charge in [0.05, 0.1) is 49.0 Å². The molecule has 0 spiro atoms. The Morgan fingerprint density at radius 1 is 0.651 bits per heavy atom. The van der Waals surface area contributed by atoms with Crippen molar-refractivity contribution < 1.29 is 48.3 Å². The first-order valence-electron chi connectivity index (χ1n) is 13.5. The molecule has 0 aliphatic heterocycles. The Kier molecular flexibility index (Phi) is 10.3. The van der Waals surface area contributed by atoms with E-state index in [1.54, 1.807) is 36.4 Å². The summed E-state index contributed by atoms with van der Waals surface area (Å²) in [6.45, 7) is 3.65. The lowest BCUT2D eigenvalue weighted by Gasteiger charge is -2.13. The van der Waals surface area contributed by atoms with E-state index < -0.39 is 23.8 Å². The van der Waals surface area contributed by atoms with Crippen molar-refractivity contribution in [3.63, 3.8) is 0 Å². The number of ketones is 2. The van der Waals surface area contributed by atoms with Crippen LogP contribution in [0.3, 0.4) is 0 Å². The van der Waals surface area contributed by atoms with Gasteiger partial charge in [0.25, 0.3) is 0 Å². The van der Waals surface area contributed by atoms with Crippen molar-refractivity contribution in [2.45, 2.75) is 33.1 Å². The van der Waals surface area contributed by atoms with E-state index in [9.17, 15) is 19.2 Å². The van der Waals surface area contributed by atoms with Crippen molar-refractivity contribution in [3.8, 4) is 23.0 Å². The van der Waals surface area contributed by atoms with E-state index in [-0.39, 0.29) is 24.4 Å². The van der Waals surface area contributed by atoms with Crippen molar-refractivity contribution in [2.24, 2.45) is 11.8 Å². The summed E-state index contributed by atoms with van der Waals surface area (Å²) in [6, 6.07) is 10.7. The van der Waals surface area contributed by atoms with Gasteiger partial charge >= 0.3 is 11.9 Å². The van der Waals surface area contributed by atoms with Gasteiger partial charge in [0.15, 0.2) is 34.6 Å². The second-order valence-corrected chi connectivity index (χ2v) is 12.3. The fourth-order valence-electron chi connectivity index (χ4n) is 4.27. The van der Waals surface area contributed by atoms with Crippen LogP contribution in [0.5, 0.6) is 23.0 Å². The van der Waals surface area contributed by atoms with Gasteiger partial charge in [-0.25, -0.2) is 0 Å². The van der Waals surface area contributed by atoms with E-state index in [4.69, 9.17) is 29.2 Å². The Bertz CT molecular complexity index is 1550. The number of methoxy groups -OCH3 is 2. The summed E-state index contributed by atoms with van der Waals surface area (Å²) >= 11 is 2.57. The number of carbonyl (C=O) groups is 4. The molecule has 0 unspecified atom stereocenters. The smallest absolute Gasteiger partial charge is 0.306 e. The minimum absolute atomic E-state index is 0.0713. The van der Waals surface area contributed by atoms with E-state index in [1.807, 2.05) is 0 Å². The van der Waals surface area contributed by atoms with Gasteiger partial charge in [0, 0.05) is 40.8 Å². The fourth-order valence-corrected chi connectivity index (χ4v) is 6.31. The Hall–Kier alpha value is -4.16. The summed E-state index contributed by atoms with van der Waals surface area (Å²) in [4.78, 5) is 48.4. The minimum atomic E-state index is -1.01. The fraction of sp³-hybridized carbons (Fsp3) is 0.355. The molecule has 4 aromatic rings. The van der Waals surface area contributed by atoms with Crippen molar-refractivity contribution in [3.05, 3.63) is 46.2 Å². The molecule has 2 aromatic carbocycles. The predicted octanol–water partition coefficient (Wildman–Crippen LogP) is 6.57. The molecule has 10 nitrogen and oxygen atoms in total. The Morgan fingerprint density at radius 2 is 1.05 bits per heavy atom. The maximum atomic E-state index is 12.6. The highest BCUT2D eigenvalue weighted by molar-refractivity contribution is 7.21. The van der Waals surface area contributed by atoms with E-state index >= 15 is 0 Å². The van der Waals surface area contributed by atoms with Gasteiger partial charge in [-0.1, -0.05) is 13.8 Å². The minimum Gasteiger partial charge on any atom is -0.493 e. The number of thiophene rings is 2. The molecule has 2 aromatic heterocycles. The number of ether oxygens (including phenoxy) is 4. The zero-order chi connectivity index (χ0) is 31.3. The van der Waals surface area contributed by atoms with E-state index in [0.717, 1.165) is 20.2 Å². The number of rotatable bonds is 16. The molecule has 0 fully saturated rings. The molecule has 2 heterocycles. The number of aliphatic carboxylic acids is 2. The first-order valence-corrected chi connectivity index (χ1v) is 15.1. The van der Waals surface area contributed by atoms with E-state index in [2.05, 4.69) is 0 Å². The SMILES string of the molecule is COc1cc2sc(C(=O)C[C@H](C)C(=O)O)cc2cc1OCCCOc1cc2cc(C(=O)C[C@H](C)C(=O)O)sc2cc1OC. The van der Waals surface area contributed by atoms with Crippen molar-refractivity contribution >= 4 is 66.4 Å². The Balaban J connectivity index is 1.38. The number of hydrogen-bond acceptors (Lipinski definition) is 10. The summed E-state index contributed by atoms with van der Waals surface area (Å²) in [7, 11) is 3.06. The number of Topliss-reactive ketones (excluding diaryl/α,β-unsaturated/α-hetero) is 2. The molecule has 228 valence electrons. The van der Waals surface area contributed by atoms with Crippen LogP contribution in [0.15, 0.2) is 36.4 Å². The first-order chi connectivity index (χ1) is 20.5. The molecule has 43 heavy (non-hydrogen) atoms. The second-order valence-electron chi connectivity index (χ2n) is 10.1. The molecule has 0 aliphatic carbocycles. The van der Waals surface area contributed by atoms with Gasteiger partial charge in [-0.05, 0) is 35.0 Å². The monoisotopic (exact) mass is 628 g/mol. The van der Waals surface area contributed by atoms with Gasteiger partial charge < -0.3 is 29.2 Å². The summed E-state index contributed by atoms with van der Waals surface area (Å²) in [5, 5.41) is 19.8. The number of carbonyl (C=O) groups excluding carboxylic acids is 2. The largest absolute Gasteiger partial charge is 0.493 e. The summed E-state index contributed by atoms with van der Waals surface area (Å²) in [6.07, 6.45) is 0.388. The second kappa shape index (κ2) is 13.9. The molecule has 0 bridgehead atoms. The molecule has 2 atom stereocenters. The van der Waals surface area contributed by atoms with Crippen LogP contribution >= 0.6 is 22.7 Å². The highest BCUT2D eigenvalue weighted by Gasteiger charge is 2.21. The standard InChI is InChI=1S/C31H32O10S2/c1-16(30(34)35)8-20(32)28-12-18-10-24(22(38-3)14-26(18)42-28)40-6-5-7-41-25-11-19-13-29(21(33)9-17(2)31(36)37)43-27(19)15-23(25)39-4/h10-17H,5-9H2,1-4H3,(H,34,35)(H,36,37)/t16-,17-/m0/s1. The normalized spacial score (nSPS) is 12.6. The quantitative estimate of drug-likeness (QED) is 0.103.